The van der Waals surface area contributed by atoms with Crippen molar-refractivity contribution in [3.05, 3.63) is 40.9 Å². The molecule has 0 aliphatic rings. The van der Waals surface area contributed by atoms with Crippen LogP contribution in [0.3, 0.4) is 0 Å². The van der Waals surface area contributed by atoms with Crippen molar-refractivity contribution in [1.29, 1.82) is 0 Å². The Bertz CT molecular complexity index is 642. The summed E-state index contributed by atoms with van der Waals surface area (Å²) < 4.78 is 0. The van der Waals surface area contributed by atoms with Crippen LogP contribution in [0.25, 0.3) is 0 Å². The maximum Gasteiger partial charge on any atom is 0.315 e. The van der Waals surface area contributed by atoms with E-state index < -0.39 is 11.8 Å². The van der Waals surface area contributed by atoms with Crippen LogP contribution < -0.4 is 10.6 Å². The topological polar surface area (TPSA) is 84.0 Å². The van der Waals surface area contributed by atoms with Crippen molar-refractivity contribution in [3.63, 3.8) is 0 Å². The fraction of sp³-hybridized carbons (Fsp3) is 0.333. The minimum Gasteiger partial charge on any atom is -0.345 e. The van der Waals surface area contributed by atoms with Gasteiger partial charge in [-0.2, -0.15) is 0 Å². The zero-order chi connectivity index (χ0) is 15.9. The molecule has 0 spiro atoms. The van der Waals surface area contributed by atoms with E-state index in [0.717, 1.165) is 17.8 Å². The van der Waals surface area contributed by atoms with Crippen LogP contribution in [0.5, 0.6) is 0 Å². The summed E-state index contributed by atoms with van der Waals surface area (Å²) in [5, 5.41) is 13.7. The first kappa shape index (κ1) is 16.1. The molecule has 0 aliphatic carbocycles. The van der Waals surface area contributed by atoms with Gasteiger partial charge in [0.1, 0.15) is 5.01 Å². The van der Waals surface area contributed by atoms with Crippen LogP contribution in [0, 0.1) is 6.92 Å². The van der Waals surface area contributed by atoms with E-state index in [1.165, 1.54) is 16.9 Å². The van der Waals surface area contributed by atoms with Gasteiger partial charge in [0.15, 0.2) is 0 Å². The van der Waals surface area contributed by atoms with Crippen LogP contribution in [-0.4, -0.2) is 28.1 Å². The quantitative estimate of drug-likeness (QED) is 0.825. The monoisotopic (exact) mass is 318 g/mol. The van der Waals surface area contributed by atoms with Gasteiger partial charge in [-0.05, 0) is 32.3 Å². The van der Waals surface area contributed by atoms with Crippen molar-refractivity contribution >= 4 is 28.3 Å². The van der Waals surface area contributed by atoms with Gasteiger partial charge < -0.3 is 5.32 Å². The third-order valence-corrected chi connectivity index (χ3v) is 3.79. The normalized spacial score (nSPS) is 11.7. The van der Waals surface area contributed by atoms with Crippen LogP contribution in [0.15, 0.2) is 30.3 Å². The van der Waals surface area contributed by atoms with Gasteiger partial charge in [0.05, 0.1) is 0 Å². The molecule has 0 radical (unpaired) electrons. The van der Waals surface area contributed by atoms with Crippen LogP contribution in [0.4, 0.5) is 5.13 Å². The van der Waals surface area contributed by atoms with E-state index in [1.54, 1.807) is 6.92 Å². The summed E-state index contributed by atoms with van der Waals surface area (Å²) in [6, 6.07) is 9.92. The van der Waals surface area contributed by atoms with E-state index in [-0.39, 0.29) is 6.04 Å². The molecule has 1 aromatic heterocycles. The summed E-state index contributed by atoms with van der Waals surface area (Å²) >= 11 is 1.23. The Morgan fingerprint density at radius 1 is 1.18 bits per heavy atom. The van der Waals surface area contributed by atoms with Crippen molar-refractivity contribution in [2.24, 2.45) is 0 Å². The van der Waals surface area contributed by atoms with Gasteiger partial charge in [0, 0.05) is 6.04 Å². The molecule has 2 amide bonds. The molecule has 0 saturated heterocycles. The number of hydrogen-bond donors (Lipinski definition) is 2. The van der Waals surface area contributed by atoms with Gasteiger partial charge in [0.25, 0.3) is 0 Å². The first-order chi connectivity index (χ1) is 10.5. The van der Waals surface area contributed by atoms with Crippen molar-refractivity contribution < 1.29 is 9.59 Å². The summed E-state index contributed by atoms with van der Waals surface area (Å²) in [6.45, 7) is 3.66. The van der Waals surface area contributed by atoms with Crippen LogP contribution in [0.2, 0.25) is 0 Å². The number of rotatable bonds is 5. The van der Waals surface area contributed by atoms with Crippen molar-refractivity contribution in [1.82, 2.24) is 15.5 Å². The van der Waals surface area contributed by atoms with Crippen LogP contribution >= 0.6 is 11.3 Å². The lowest BCUT2D eigenvalue weighted by Crippen LogP contribution is -2.40. The second kappa shape index (κ2) is 7.65. The molecule has 0 saturated carbocycles. The van der Waals surface area contributed by atoms with Crippen molar-refractivity contribution in [2.45, 2.75) is 32.7 Å². The summed E-state index contributed by atoms with van der Waals surface area (Å²) in [5.74, 6) is -1.38. The maximum absolute atomic E-state index is 11.8. The Kier molecular flexibility index (Phi) is 5.60. The number of nitrogens with zero attached hydrogens (tertiary/aromatic N) is 2. The Balaban J connectivity index is 1.76. The fourth-order valence-corrected chi connectivity index (χ4v) is 2.48. The molecule has 6 nitrogen and oxygen atoms in total. The predicted molar refractivity (Wildman–Crippen MR) is 85.6 cm³/mol. The van der Waals surface area contributed by atoms with Gasteiger partial charge in [-0.3, -0.25) is 14.9 Å². The summed E-state index contributed by atoms with van der Waals surface area (Å²) in [5.41, 5.74) is 1.21. The minimum atomic E-state index is -0.720. The first-order valence-corrected chi connectivity index (χ1v) is 7.82. The second-order valence-corrected chi connectivity index (χ2v) is 6.16. The van der Waals surface area contributed by atoms with E-state index >= 15 is 0 Å². The number of anilines is 1. The van der Waals surface area contributed by atoms with E-state index in [4.69, 9.17) is 0 Å². The molecule has 0 unspecified atom stereocenters. The molecule has 7 heteroatoms. The number of amides is 2. The number of carbonyl (C=O) groups is 2. The smallest absolute Gasteiger partial charge is 0.315 e. The Hall–Kier alpha value is -2.28. The molecule has 2 rings (SSSR count). The highest BCUT2D eigenvalue weighted by Crippen LogP contribution is 2.13. The summed E-state index contributed by atoms with van der Waals surface area (Å²) in [4.78, 5) is 23.6. The molecule has 116 valence electrons. The van der Waals surface area contributed by atoms with E-state index in [2.05, 4.69) is 20.8 Å². The number of benzene rings is 1. The van der Waals surface area contributed by atoms with Crippen molar-refractivity contribution in [2.75, 3.05) is 5.32 Å². The van der Waals surface area contributed by atoms with Gasteiger partial charge in [-0.1, -0.05) is 41.7 Å². The molecule has 0 aliphatic heterocycles. The number of nitrogens with one attached hydrogen (secondary N) is 2. The number of aromatic nitrogens is 2. The highest BCUT2D eigenvalue weighted by atomic mass is 32.1. The lowest BCUT2D eigenvalue weighted by atomic mass is 10.1. The van der Waals surface area contributed by atoms with Gasteiger partial charge in [-0.15, -0.1) is 10.2 Å². The Morgan fingerprint density at radius 3 is 2.55 bits per heavy atom. The molecule has 1 atom stereocenters. The molecule has 1 heterocycles. The van der Waals surface area contributed by atoms with Gasteiger partial charge in [0.2, 0.25) is 5.13 Å². The van der Waals surface area contributed by atoms with E-state index in [0.29, 0.717) is 5.13 Å². The Labute approximate surface area is 133 Å². The lowest BCUT2D eigenvalue weighted by molar-refractivity contribution is -0.136. The SMILES string of the molecule is Cc1nnc(NC(=O)C(=O)N[C@@H](C)CCc2ccccc2)s1. The predicted octanol–water partition coefficient (Wildman–Crippen LogP) is 1.92. The molecule has 0 bridgehead atoms. The molecule has 0 fully saturated rings. The minimum absolute atomic E-state index is 0.0883. The van der Waals surface area contributed by atoms with Gasteiger partial charge in [-0.25, -0.2) is 0 Å². The van der Waals surface area contributed by atoms with Crippen LogP contribution in [-0.2, 0) is 16.0 Å². The van der Waals surface area contributed by atoms with E-state index in [9.17, 15) is 9.59 Å². The summed E-state index contributed by atoms with van der Waals surface area (Å²) in [7, 11) is 0. The molecule has 2 aromatic rings. The average Bonchev–Trinajstić information content (AvgIpc) is 2.91. The number of carbonyl (C=O) groups excluding carboxylic acids is 2. The van der Waals surface area contributed by atoms with Gasteiger partial charge >= 0.3 is 11.8 Å². The lowest BCUT2D eigenvalue weighted by Gasteiger charge is -2.13. The standard InChI is InChI=1S/C15H18N4O2S/c1-10(8-9-12-6-4-3-5-7-12)16-13(20)14(21)17-15-19-18-11(2)22-15/h3-7,10H,8-9H2,1-2H3,(H,16,20)(H,17,19,21)/t10-/m0/s1. The van der Waals surface area contributed by atoms with E-state index in [1.807, 2.05) is 37.3 Å². The molecular weight excluding hydrogens is 300 g/mol. The molecule has 2 N–H and O–H groups in total. The first-order valence-electron chi connectivity index (χ1n) is 7.00. The third-order valence-electron chi connectivity index (χ3n) is 3.04. The number of hydrogen-bond acceptors (Lipinski definition) is 5. The Morgan fingerprint density at radius 2 is 1.91 bits per heavy atom. The molecule has 22 heavy (non-hydrogen) atoms. The largest absolute Gasteiger partial charge is 0.345 e. The highest BCUT2D eigenvalue weighted by Gasteiger charge is 2.17. The molecule has 1 aromatic carbocycles. The average molecular weight is 318 g/mol. The van der Waals surface area contributed by atoms with Crippen LogP contribution in [0.1, 0.15) is 23.9 Å². The van der Waals surface area contributed by atoms with Crippen molar-refractivity contribution in [3.8, 4) is 0 Å². The highest BCUT2D eigenvalue weighted by molar-refractivity contribution is 7.15. The summed E-state index contributed by atoms with van der Waals surface area (Å²) in [6.07, 6.45) is 1.61. The second-order valence-electron chi connectivity index (χ2n) is 4.98. The maximum atomic E-state index is 11.8. The fourth-order valence-electron chi connectivity index (χ4n) is 1.89. The zero-order valence-corrected chi connectivity index (χ0v) is 13.3. The zero-order valence-electron chi connectivity index (χ0n) is 12.5. The third kappa shape index (κ3) is 4.92. The number of aryl methyl sites for hydroxylation is 2. The molecular formula is C15H18N4O2S.